The average molecular weight is 388 g/mol. The highest BCUT2D eigenvalue weighted by Crippen LogP contribution is 2.39. The number of hydrogen-bond donors (Lipinski definition) is 1. The van der Waals surface area contributed by atoms with Crippen LogP contribution in [-0.2, 0) is 9.84 Å². The summed E-state index contributed by atoms with van der Waals surface area (Å²) in [5.74, 6) is 0.682. The predicted molar refractivity (Wildman–Crippen MR) is 109 cm³/mol. The van der Waals surface area contributed by atoms with Crippen LogP contribution in [-0.4, -0.2) is 26.8 Å². The molecule has 5 heteroatoms. The summed E-state index contributed by atoms with van der Waals surface area (Å²) in [5, 5.41) is 3.76. The van der Waals surface area contributed by atoms with Crippen LogP contribution in [0.5, 0.6) is 5.75 Å². The molecule has 0 aliphatic carbocycles. The van der Waals surface area contributed by atoms with Gasteiger partial charge in [-0.2, -0.15) is 0 Å². The molecule has 2 aromatic carbocycles. The van der Waals surface area contributed by atoms with Gasteiger partial charge in [-0.05, 0) is 36.1 Å². The van der Waals surface area contributed by atoms with Crippen LogP contribution in [0.4, 0.5) is 0 Å². The number of ether oxygens (including phenoxy) is 1. The molecule has 0 saturated carbocycles. The van der Waals surface area contributed by atoms with E-state index in [0.29, 0.717) is 10.6 Å². The standard InChI is InChI=1S/C22H29NO3S/c1-4-6-14-22(5-2)16-27(24,25)20-15-18(26-3)12-13-19(20)21(23-22)17-10-8-7-9-11-17/h7-13,15,21,23H,4-6,14,16H2,1-3H3/t21-,22+/m0/s1. The van der Waals surface area contributed by atoms with Gasteiger partial charge in [0.1, 0.15) is 5.75 Å². The zero-order valence-electron chi connectivity index (χ0n) is 16.4. The van der Waals surface area contributed by atoms with Gasteiger partial charge in [0, 0.05) is 5.54 Å². The number of fused-ring (bicyclic) bond motifs is 1. The Balaban J connectivity index is 2.20. The molecule has 0 unspecified atom stereocenters. The summed E-state index contributed by atoms with van der Waals surface area (Å²) in [4.78, 5) is 0.384. The largest absolute Gasteiger partial charge is 0.497 e. The molecule has 3 rings (SSSR count). The van der Waals surface area contributed by atoms with Crippen LogP contribution in [0.1, 0.15) is 56.7 Å². The van der Waals surface area contributed by atoms with Gasteiger partial charge < -0.3 is 4.74 Å². The van der Waals surface area contributed by atoms with Crippen molar-refractivity contribution in [1.29, 1.82) is 0 Å². The fourth-order valence-corrected chi connectivity index (χ4v) is 6.12. The van der Waals surface area contributed by atoms with E-state index in [1.165, 1.54) is 0 Å². The molecule has 1 aliphatic rings. The van der Waals surface area contributed by atoms with E-state index in [0.717, 1.165) is 36.8 Å². The molecule has 2 aromatic rings. The van der Waals surface area contributed by atoms with Crippen LogP contribution < -0.4 is 10.1 Å². The Labute approximate surface area is 162 Å². The average Bonchev–Trinajstić information content (AvgIpc) is 2.79. The van der Waals surface area contributed by atoms with Gasteiger partial charge in [-0.25, -0.2) is 8.42 Å². The van der Waals surface area contributed by atoms with Gasteiger partial charge in [-0.1, -0.05) is 63.1 Å². The Morgan fingerprint density at radius 3 is 2.52 bits per heavy atom. The lowest BCUT2D eigenvalue weighted by atomic mass is 9.88. The van der Waals surface area contributed by atoms with Gasteiger partial charge in [0.05, 0.1) is 23.8 Å². The Hall–Kier alpha value is -1.85. The Morgan fingerprint density at radius 1 is 1.15 bits per heavy atom. The Morgan fingerprint density at radius 2 is 1.89 bits per heavy atom. The van der Waals surface area contributed by atoms with Crippen molar-refractivity contribution in [3.05, 3.63) is 59.7 Å². The molecule has 4 nitrogen and oxygen atoms in total. The van der Waals surface area contributed by atoms with E-state index in [1.54, 1.807) is 13.2 Å². The maximum Gasteiger partial charge on any atom is 0.180 e. The van der Waals surface area contributed by atoms with Crippen molar-refractivity contribution in [2.75, 3.05) is 12.9 Å². The lowest BCUT2D eigenvalue weighted by Crippen LogP contribution is -2.50. The number of nitrogens with one attached hydrogen (secondary N) is 1. The quantitative estimate of drug-likeness (QED) is 0.793. The molecule has 1 N–H and O–H groups in total. The summed E-state index contributed by atoms with van der Waals surface area (Å²) in [5.41, 5.74) is 1.44. The Kier molecular flexibility index (Phi) is 5.92. The summed E-state index contributed by atoms with van der Waals surface area (Å²) < 4.78 is 32.1. The van der Waals surface area contributed by atoms with E-state index in [4.69, 9.17) is 4.74 Å². The number of sulfone groups is 1. The molecule has 0 spiro atoms. The van der Waals surface area contributed by atoms with Crippen LogP contribution in [0, 0.1) is 0 Å². The van der Waals surface area contributed by atoms with E-state index >= 15 is 0 Å². The van der Waals surface area contributed by atoms with Crippen molar-refractivity contribution in [2.24, 2.45) is 0 Å². The molecule has 146 valence electrons. The summed E-state index contributed by atoms with van der Waals surface area (Å²) in [7, 11) is -1.88. The van der Waals surface area contributed by atoms with Crippen molar-refractivity contribution in [2.45, 2.75) is 56.0 Å². The minimum Gasteiger partial charge on any atom is -0.497 e. The maximum atomic E-state index is 13.4. The first-order valence-corrected chi connectivity index (χ1v) is 11.3. The SMILES string of the molecule is CCCC[C@]1(CC)CS(=O)(=O)c2cc(OC)ccc2[C@H](c2ccccc2)N1. The van der Waals surface area contributed by atoms with Gasteiger partial charge in [0.15, 0.2) is 9.84 Å². The first-order valence-electron chi connectivity index (χ1n) is 9.68. The van der Waals surface area contributed by atoms with Crippen molar-refractivity contribution in [3.8, 4) is 5.75 Å². The van der Waals surface area contributed by atoms with Gasteiger partial charge in [0.2, 0.25) is 0 Å². The minimum absolute atomic E-state index is 0.111. The zero-order valence-corrected chi connectivity index (χ0v) is 17.2. The van der Waals surface area contributed by atoms with Crippen molar-refractivity contribution in [1.82, 2.24) is 5.32 Å². The fraction of sp³-hybridized carbons (Fsp3) is 0.455. The zero-order chi connectivity index (χ0) is 19.5. The normalized spacial score (nSPS) is 24.0. The first kappa shape index (κ1) is 19.9. The van der Waals surface area contributed by atoms with E-state index in [9.17, 15) is 8.42 Å². The monoisotopic (exact) mass is 387 g/mol. The second kappa shape index (κ2) is 8.03. The van der Waals surface area contributed by atoms with Crippen LogP contribution in [0.15, 0.2) is 53.4 Å². The number of unbranched alkanes of at least 4 members (excludes halogenated alkanes) is 1. The third-order valence-electron chi connectivity index (χ3n) is 5.60. The molecular weight excluding hydrogens is 358 g/mol. The van der Waals surface area contributed by atoms with Gasteiger partial charge >= 0.3 is 0 Å². The van der Waals surface area contributed by atoms with E-state index in [1.807, 2.05) is 30.3 Å². The third kappa shape index (κ3) is 4.04. The summed E-state index contributed by atoms with van der Waals surface area (Å²) >= 11 is 0. The molecule has 0 amide bonds. The third-order valence-corrected chi connectivity index (χ3v) is 7.56. The van der Waals surface area contributed by atoms with E-state index in [2.05, 4.69) is 31.3 Å². The van der Waals surface area contributed by atoms with E-state index in [-0.39, 0.29) is 11.8 Å². The number of rotatable bonds is 6. The molecule has 0 bridgehead atoms. The lowest BCUT2D eigenvalue weighted by Gasteiger charge is -2.35. The van der Waals surface area contributed by atoms with Crippen LogP contribution in [0.25, 0.3) is 0 Å². The molecule has 0 fully saturated rings. The van der Waals surface area contributed by atoms with Gasteiger partial charge in [-0.15, -0.1) is 0 Å². The molecule has 0 saturated heterocycles. The maximum absolute atomic E-state index is 13.4. The molecule has 1 aliphatic heterocycles. The minimum atomic E-state index is -3.44. The van der Waals surface area contributed by atoms with Gasteiger partial charge in [0.25, 0.3) is 0 Å². The van der Waals surface area contributed by atoms with Crippen molar-refractivity contribution in [3.63, 3.8) is 0 Å². The van der Waals surface area contributed by atoms with Crippen molar-refractivity contribution < 1.29 is 13.2 Å². The molecule has 0 radical (unpaired) electrons. The molecule has 2 atom stereocenters. The smallest absolute Gasteiger partial charge is 0.180 e. The number of benzene rings is 2. The van der Waals surface area contributed by atoms with Crippen molar-refractivity contribution >= 4 is 9.84 Å². The molecule has 27 heavy (non-hydrogen) atoms. The summed E-state index contributed by atoms with van der Waals surface area (Å²) in [6.45, 7) is 4.22. The topological polar surface area (TPSA) is 55.4 Å². The molecule has 1 heterocycles. The second-order valence-electron chi connectivity index (χ2n) is 7.39. The Bertz CT molecular complexity index is 880. The van der Waals surface area contributed by atoms with Gasteiger partial charge in [-0.3, -0.25) is 5.32 Å². The lowest BCUT2D eigenvalue weighted by molar-refractivity contribution is 0.295. The fourth-order valence-electron chi connectivity index (χ4n) is 3.97. The highest BCUT2D eigenvalue weighted by atomic mass is 32.2. The van der Waals surface area contributed by atoms with Crippen LogP contribution in [0.3, 0.4) is 0 Å². The van der Waals surface area contributed by atoms with E-state index < -0.39 is 15.4 Å². The highest BCUT2D eigenvalue weighted by molar-refractivity contribution is 7.91. The summed E-state index contributed by atoms with van der Waals surface area (Å²) in [6.07, 6.45) is 3.65. The number of hydrogen-bond acceptors (Lipinski definition) is 4. The number of methoxy groups -OCH3 is 1. The predicted octanol–water partition coefficient (Wildman–Crippen LogP) is 4.50. The van der Waals surface area contributed by atoms with Crippen LogP contribution >= 0.6 is 0 Å². The first-order chi connectivity index (χ1) is 12.9. The second-order valence-corrected chi connectivity index (χ2v) is 9.35. The summed E-state index contributed by atoms with van der Waals surface area (Å²) in [6, 6.07) is 15.3. The molecule has 0 aromatic heterocycles. The molecular formula is C22H29NO3S. The van der Waals surface area contributed by atoms with Crippen LogP contribution in [0.2, 0.25) is 0 Å². The highest BCUT2D eigenvalue weighted by Gasteiger charge is 2.41.